The van der Waals surface area contributed by atoms with Gasteiger partial charge in [0.05, 0.1) is 19.6 Å². The SMILES string of the molecule is COC(=O)CC1C(C)C(=O)C(C(OC(C)=O)C2(O)CCC3(C)C(=CC(=O)OC3c3ccoc3)C2=O)=CC1(C)C. The summed E-state index contributed by atoms with van der Waals surface area (Å²) in [5.74, 6) is -4.40. The molecule has 1 saturated carbocycles. The van der Waals surface area contributed by atoms with Crippen molar-refractivity contribution in [1.29, 1.82) is 0 Å². The molecule has 0 saturated heterocycles. The third-order valence-corrected chi connectivity index (χ3v) is 8.60. The van der Waals surface area contributed by atoms with Crippen LogP contribution in [0.25, 0.3) is 0 Å². The number of ether oxygens (including phenoxy) is 3. The van der Waals surface area contributed by atoms with E-state index in [1.807, 2.05) is 13.8 Å². The molecule has 39 heavy (non-hydrogen) atoms. The van der Waals surface area contributed by atoms with E-state index >= 15 is 0 Å². The minimum Gasteiger partial charge on any atom is -0.472 e. The maximum absolute atomic E-state index is 14.1. The lowest BCUT2D eigenvalue weighted by atomic mass is 9.57. The molecule has 2 heterocycles. The van der Waals surface area contributed by atoms with Gasteiger partial charge in [-0.3, -0.25) is 19.2 Å². The smallest absolute Gasteiger partial charge is 0.331 e. The molecular formula is C29H34O10. The minimum absolute atomic E-state index is 0.00955. The molecule has 6 atom stereocenters. The Morgan fingerprint density at radius 3 is 2.46 bits per heavy atom. The Kier molecular flexibility index (Phi) is 7.23. The maximum Gasteiger partial charge on any atom is 0.331 e. The van der Waals surface area contributed by atoms with Crippen molar-refractivity contribution in [1.82, 2.24) is 0 Å². The van der Waals surface area contributed by atoms with Crippen LogP contribution in [0.5, 0.6) is 0 Å². The molecule has 1 aromatic heterocycles. The third-order valence-electron chi connectivity index (χ3n) is 8.60. The van der Waals surface area contributed by atoms with Crippen LogP contribution in [0.4, 0.5) is 0 Å². The van der Waals surface area contributed by atoms with Crippen molar-refractivity contribution in [2.24, 2.45) is 22.7 Å². The first-order chi connectivity index (χ1) is 18.2. The number of ketones is 2. The largest absolute Gasteiger partial charge is 0.472 e. The van der Waals surface area contributed by atoms with E-state index in [2.05, 4.69) is 0 Å². The van der Waals surface area contributed by atoms with Crippen LogP contribution in [0.15, 0.2) is 46.3 Å². The molecule has 6 unspecified atom stereocenters. The molecule has 4 rings (SSSR count). The molecule has 1 N–H and O–H groups in total. The second kappa shape index (κ2) is 9.89. The third kappa shape index (κ3) is 4.75. The van der Waals surface area contributed by atoms with Gasteiger partial charge in [-0.2, -0.15) is 0 Å². The molecule has 1 aromatic rings. The van der Waals surface area contributed by atoms with Gasteiger partial charge in [-0.25, -0.2) is 4.79 Å². The first kappa shape index (κ1) is 28.5. The standard InChI is InChI=1S/C29H34O10/c1-15-19(11-21(31)36-6)27(3,4)13-18(23(15)33)26(38-16(2)30)29(35)9-8-28(5)20(24(29)34)12-22(32)39-25(28)17-7-10-37-14-17/h7,10,12-15,19,25-26,35H,8-9,11H2,1-6H3. The van der Waals surface area contributed by atoms with E-state index in [0.29, 0.717) is 5.56 Å². The monoisotopic (exact) mass is 542 g/mol. The summed E-state index contributed by atoms with van der Waals surface area (Å²) in [6, 6.07) is 1.64. The second-order valence-corrected chi connectivity index (χ2v) is 11.6. The molecular weight excluding hydrogens is 508 g/mol. The van der Waals surface area contributed by atoms with Gasteiger partial charge in [-0.1, -0.05) is 33.8 Å². The number of aliphatic hydroxyl groups is 1. The van der Waals surface area contributed by atoms with E-state index < -0.39 is 69.9 Å². The van der Waals surface area contributed by atoms with Crippen molar-refractivity contribution in [3.05, 3.63) is 47.5 Å². The lowest BCUT2D eigenvalue weighted by molar-refractivity contribution is -0.176. The zero-order chi connectivity index (χ0) is 28.9. The van der Waals surface area contributed by atoms with Crippen LogP contribution in [-0.4, -0.2) is 53.4 Å². The molecule has 3 aliphatic rings. The zero-order valence-corrected chi connectivity index (χ0v) is 22.9. The first-order valence-electron chi connectivity index (χ1n) is 12.9. The molecule has 10 heteroatoms. The molecule has 210 valence electrons. The summed E-state index contributed by atoms with van der Waals surface area (Å²) < 4.78 is 21.1. The number of methoxy groups -OCH3 is 1. The molecule has 1 aliphatic heterocycles. The van der Waals surface area contributed by atoms with Gasteiger partial charge in [-0.15, -0.1) is 0 Å². The molecule has 0 radical (unpaired) electrons. The lowest BCUT2D eigenvalue weighted by Crippen LogP contribution is -2.60. The number of hydrogen-bond acceptors (Lipinski definition) is 10. The van der Waals surface area contributed by atoms with Gasteiger partial charge in [0.25, 0.3) is 0 Å². The van der Waals surface area contributed by atoms with Crippen LogP contribution in [0.3, 0.4) is 0 Å². The van der Waals surface area contributed by atoms with E-state index in [9.17, 15) is 29.1 Å². The summed E-state index contributed by atoms with van der Waals surface area (Å²) >= 11 is 0. The number of esters is 3. The average Bonchev–Trinajstić information content (AvgIpc) is 3.40. The van der Waals surface area contributed by atoms with E-state index in [1.165, 1.54) is 19.6 Å². The maximum atomic E-state index is 14.1. The van der Waals surface area contributed by atoms with Gasteiger partial charge in [-0.05, 0) is 30.2 Å². The predicted molar refractivity (Wildman–Crippen MR) is 135 cm³/mol. The molecule has 10 nitrogen and oxygen atoms in total. The Bertz CT molecular complexity index is 1270. The van der Waals surface area contributed by atoms with Crippen molar-refractivity contribution in [3.8, 4) is 0 Å². The minimum atomic E-state index is -2.32. The van der Waals surface area contributed by atoms with Crippen molar-refractivity contribution < 1.29 is 47.7 Å². The van der Waals surface area contributed by atoms with Gasteiger partial charge in [0.2, 0.25) is 0 Å². The summed E-state index contributed by atoms with van der Waals surface area (Å²) in [6.45, 7) is 8.20. The number of allylic oxidation sites excluding steroid dienone is 1. The fourth-order valence-corrected chi connectivity index (χ4v) is 6.36. The average molecular weight is 543 g/mol. The van der Waals surface area contributed by atoms with Crippen LogP contribution in [0, 0.1) is 22.7 Å². The highest BCUT2D eigenvalue weighted by molar-refractivity contribution is 6.10. The van der Waals surface area contributed by atoms with Crippen molar-refractivity contribution in [2.45, 2.75) is 71.7 Å². The van der Waals surface area contributed by atoms with E-state index in [4.69, 9.17) is 18.6 Å². The van der Waals surface area contributed by atoms with Crippen LogP contribution in [0.1, 0.15) is 65.5 Å². The summed E-state index contributed by atoms with van der Waals surface area (Å²) in [5.41, 5.74) is -3.50. The van der Waals surface area contributed by atoms with Gasteiger partial charge in [0.15, 0.2) is 23.3 Å². The Balaban J connectivity index is 1.78. The lowest BCUT2D eigenvalue weighted by Gasteiger charge is -2.50. The van der Waals surface area contributed by atoms with E-state index in [0.717, 1.165) is 13.0 Å². The van der Waals surface area contributed by atoms with Crippen LogP contribution in [0.2, 0.25) is 0 Å². The first-order valence-corrected chi connectivity index (χ1v) is 12.9. The van der Waals surface area contributed by atoms with Gasteiger partial charge in [0.1, 0.15) is 6.10 Å². The molecule has 0 bridgehead atoms. The summed E-state index contributed by atoms with van der Waals surface area (Å²) in [5, 5.41) is 12.0. The fraction of sp³-hybridized carbons (Fsp3) is 0.552. The van der Waals surface area contributed by atoms with Crippen LogP contribution >= 0.6 is 0 Å². The summed E-state index contributed by atoms with van der Waals surface area (Å²) in [6.07, 6.45) is 3.03. The van der Waals surface area contributed by atoms with Crippen molar-refractivity contribution in [2.75, 3.05) is 7.11 Å². The summed E-state index contributed by atoms with van der Waals surface area (Å²) in [7, 11) is 1.27. The molecule has 0 aromatic carbocycles. The zero-order valence-electron chi connectivity index (χ0n) is 22.9. The number of hydrogen-bond donors (Lipinski definition) is 1. The van der Waals surface area contributed by atoms with E-state index in [1.54, 1.807) is 26.0 Å². The Labute approximate surface area is 226 Å². The van der Waals surface area contributed by atoms with Gasteiger partial charge in [0, 0.05) is 47.5 Å². The number of Topliss-reactive ketones (excluding diaryl/α,β-unsaturated/α-hetero) is 2. The molecule has 2 aliphatic carbocycles. The van der Waals surface area contributed by atoms with Crippen molar-refractivity contribution >= 4 is 29.5 Å². The number of furan rings is 1. The normalized spacial score (nSPS) is 32.8. The van der Waals surface area contributed by atoms with Crippen LogP contribution < -0.4 is 0 Å². The number of cyclic esters (lactones) is 1. The Hall–Kier alpha value is -3.53. The number of carbonyl (C=O) groups excluding carboxylic acids is 5. The number of fused-ring (bicyclic) bond motifs is 1. The van der Waals surface area contributed by atoms with Crippen molar-refractivity contribution in [3.63, 3.8) is 0 Å². The van der Waals surface area contributed by atoms with Gasteiger partial charge < -0.3 is 23.7 Å². The Morgan fingerprint density at radius 2 is 1.87 bits per heavy atom. The highest BCUT2D eigenvalue weighted by Gasteiger charge is 2.61. The quantitative estimate of drug-likeness (QED) is 0.420. The highest BCUT2D eigenvalue weighted by atomic mass is 16.6. The molecule has 1 fully saturated rings. The second-order valence-electron chi connectivity index (χ2n) is 11.6. The Morgan fingerprint density at radius 1 is 1.18 bits per heavy atom. The van der Waals surface area contributed by atoms with E-state index in [-0.39, 0.29) is 30.4 Å². The predicted octanol–water partition coefficient (Wildman–Crippen LogP) is 3.19. The summed E-state index contributed by atoms with van der Waals surface area (Å²) in [4.78, 5) is 64.6. The highest BCUT2D eigenvalue weighted by Crippen LogP contribution is 2.56. The fourth-order valence-electron chi connectivity index (χ4n) is 6.36. The van der Waals surface area contributed by atoms with Crippen LogP contribution in [-0.2, 0) is 38.2 Å². The topological polar surface area (TPSA) is 146 Å². The number of carbonyl (C=O) groups is 5. The molecule has 0 amide bonds. The molecule has 0 spiro atoms. The van der Waals surface area contributed by atoms with Gasteiger partial charge >= 0.3 is 17.9 Å². The number of rotatable bonds is 6.